The van der Waals surface area contributed by atoms with Crippen LogP contribution in [-0.4, -0.2) is 4.98 Å². The number of hydrogen-bond donors (Lipinski definition) is 0. The Labute approximate surface area is 113 Å². The maximum absolute atomic E-state index is 5.97. The molecule has 1 heterocycles. The van der Waals surface area contributed by atoms with E-state index in [1.807, 2.05) is 24.3 Å². The summed E-state index contributed by atoms with van der Waals surface area (Å²) >= 11 is 5.88. The third-order valence-corrected chi connectivity index (χ3v) is 3.05. The Morgan fingerprint density at radius 2 is 1.94 bits per heavy atom. The van der Waals surface area contributed by atoms with Gasteiger partial charge in [0.15, 0.2) is 0 Å². The minimum Gasteiger partial charge on any atom is -0.457 e. The van der Waals surface area contributed by atoms with Gasteiger partial charge in [-0.2, -0.15) is 0 Å². The maximum atomic E-state index is 5.97. The van der Waals surface area contributed by atoms with Gasteiger partial charge in [0, 0.05) is 18.0 Å². The highest BCUT2D eigenvalue weighted by Crippen LogP contribution is 2.31. The van der Waals surface area contributed by atoms with Crippen molar-refractivity contribution < 1.29 is 4.74 Å². The van der Waals surface area contributed by atoms with Crippen molar-refractivity contribution in [1.29, 1.82) is 0 Å². The second-order valence-corrected chi connectivity index (χ2v) is 4.68. The normalized spacial score (nSPS) is 10.7. The van der Waals surface area contributed by atoms with Gasteiger partial charge in [0.1, 0.15) is 11.5 Å². The largest absolute Gasteiger partial charge is 0.457 e. The lowest BCUT2D eigenvalue weighted by Gasteiger charge is -2.14. The fourth-order valence-electron chi connectivity index (χ4n) is 1.78. The Morgan fingerprint density at radius 3 is 2.67 bits per heavy atom. The van der Waals surface area contributed by atoms with Crippen LogP contribution in [-0.2, 0) is 5.88 Å². The molecular weight excluding hydrogens is 246 g/mol. The van der Waals surface area contributed by atoms with Gasteiger partial charge in [-0.25, -0.2) is 0 Å². The minimum absolute atomic E-state index is 0.396. The number of nitrogens with zero attached hydrogens (tertiary/aromatic N) is 1. The summed E-state index contributed by atoms with van der Waals surface area (Å²) in [6, 6.07) is 9.91. The number of halogens is 1. The van der Waals surface area contributed by atoms with Crippen molar-refractivity contribution in [3.05, 3.63) is 53.9 Å². The first-order valence-electron chi connectivity index (χ1n) is 5.98. The Kier molecular flexibility index (Phi) is 4.21. The summed E-state index contributed by atoms with van der Waals surface area (Å²) in [5.74, 6) is 2.47. The van der Waals surface area contributed by atoms with E-state index in [4.69, 9.17) is 16.3 Å². The van der Waals surface area contributed by atoms with Crippen molar-refractivity contribution in [3.63, 3.8) is 0 Å². The zero-order chi connectivity index (χ0) is 13.0. The van der Waals surface area contributed by atoms with Crippen LogP contribution >= 0.6 is 11.6 Å². The zero-order valence-corrected chi connectivity index (χ0v) is 11.3. The van der Waals surface area contributed by atoms with Gasteiger partial charge in [0.05, 0.1) is 5.88 Å². The van der Waals surface area contributed by atoms with E-state index in [1.54, 1.807) is 12.4 Å². The van der Waals surface area contributed by atoms with Crippen molar-refractivity contribution in [2.75, 3.05) is 0 Å². The predicted molar refractivity (Wildman–Crippen MR) is 74.4 cm³/mol. The predicted octanol–water partition coefficient (Wildman–Crippen LogP) is 4.74. The van der Waals surface area contributed by atoms with E-state index < -0.39 is 0 Å². The molecule has 1 aromatic heterocycles. The first-order valence-corrected chi connectivity index (χ1v) is 6.51. The van der Waals surface area contributed by atoms with E-state index >= 15 is 0 Å². The molecule has 0 aliphatic heterocycles. The first kappa shape index (κ1) is 12.9. The monoisotopic (exact) mass is 261 g/mol. The van der Waals surface area contributed by atoms with Crippen LogP contribution in [0.4, 0.5) is 0 Å². The first-order chi connectivity index (χ1) is 8.72. The van der Waals surface area contributed by atoms with Crippen LogP contribution in [0.1, 0.15) is 30.9 Å². The van der Waals surface area contributed by atoms with Crippen molar-refractivity contribution in [1.82, 2.24) is 4.98 Å². The van der Waals surface area contributed by atoms with E-state index in [0.29, 0.717) is 11.8 Å². The molecule has 0 aliphatic carbocycles. The SMILES string of the molecule is CC(C)c1ccccc1Oc1ccncc1CCl. The number of para-hydroxylation sites is 1. The average Bonchev–Trinajstić information content (AvgIpc) is 2.40. The summed E-state index contributed by atoms with van der Waals surface area (Å²) in [5, 5.41) is 0. The van der Waals surface area contributed by atoms with Crippen molar-refractivity contribution in [2.24, 2.45) is 0 Å². The van der Waals surface area contributed by atoms with Gasteiger partial charge in [-0.05, 0) is 23.6 Å². The third-order valence-electron chi connectivity index (χ3n) is 2.76. The highest BCUT2D eigenvalue weighted by Gasteiger charge is 2.09. The summed E-state index contributed by atoms with van der Waals surface area (Å²) in [4.78, 5) is 4.05. The molecule has 2 rings (SSSR count). The second kappa shape index (κ2) is 5.87. The number of alkyl halides is 1. The minimum atomic E-state index is 0.396. The second-order valence-electron chi connectivity index (χ2n) is 4.41. The summed E-state index contributed by atoms with van der Waals surface area (Å²) in [6.07, 6.45) is 3.45. The van der Waals surface area contributed by atoms with Gasteiger partial charge in [-0.3, -0.25) is 4.98 Å². The smallest absolute Gasteiger partial charge is 0.134 e. The number of rotatable bonds is 4. The van der Waals surface area contributed by atoms with Crippen LogP contribution in [0, 0.1) is 0 Å². The molecule has 0 unspecified atom stereocenters. The molecule has 3 heteroatoms. The van der Waals surface area contributed by atoms with Gasteiger partial charge < -0.3 is 4.74 Å². The summed E-state index contributed by atoms with van der Waals surface area (Å²) < 4.78 is 5.97. The molecule has 0 bridgehead atoms. The van der Waals surface area contributed by atoms with Crippen LogP contribution < -0.4 is 4.74 Å². The molecule has 18 heavy (non-hydrogen) atoms. The number of aromatic nitrogens is 1. The lowest BCUT2D eigenvalue weighted by molar-refractivity contribution is 0.468. The van der Waals surface area contributed by atoms with Gasteiger partial charge in [0.2, 0.25) is 0 Å². The molecule has 0 saturated heterocycles. The van der Waals surface area contributed by atoms with Crippen molar-refractivity contribution in [2.45, 2.75) is 25.6 Å². The van der Waals surface area contributed by atoms with E-state index in [2.05, 4.69) is 24.9 Å². The molecule has 0 radical (unpaired) electrons. The Bertz CT molecular complexity index is 525. The average molecular weight is 262 g/mol. The summed E-state index contributed by atoms with van der Waals surface area (Å²) in [7, 11) is 0. The van der Waals surface area contributed by atoms with E-state index in [9.17, 15) is 0 Å². The van der Waals surface area contributed by atoms with E-state index in [1.165, 1.54) is 5.56 Å². The van der Waals surface area contributed by atoms with Crippen molar-refractivity contribution >= 4 is 11.6 Å². The fraction of sp³-hybridized carbons (Fsp3) is 0.267. The van der Waals surface area contributed by atoms with Crippen LogP contribution in [0.25, 0.3) is 0 Å². The highest BCUT2D eigenvalue weighted by molar-refractivity contribution is 6.17. The van der Waals surface area contributed by atoms with E-state index in [0.717, 1.165) is 17.1 Å². The zero-order valence-electron chi connectivity index (χ0n) is 10.6. The van der Waals surface area contributed by atoms with Crippen LogP contribution in [0.2, 0.25) is 0 Å². The molecule has 94 valence electrons. The lowest BCUT2D eigenvalue weighted by Crippen LogP contribution is -1.96. The summed E-state index contributed by atoms with van der Waals surface area (Å²) in [5.41, 5.74) is 2.09. The number of pyridine rings is 1. The molecule has 0 fully saturated rings. The Hall–Kier alpha value is -1.54. The quantitative estimate of drug-likeness (QED) is 0.742. The van der Waals surface area contributed by atoms with Gasteiger partial charge in [0.25, 0.3) is 0 Å². The number of benzene rings is 1. The number of hydrogen-bond acceptors (Lipinski definition) is 2. The molecule has 1 aromatic carbocycles. The molecule has 0 atom stereocenters. The van der Waals surface area contributed by atoms with Crippen LogP contribution in [0.15, 0.2) is 42.7 Å². The third kappa shape index (κ3) is 2.82. The fourth-order valence-corrected chi connectivity index (χ4v) is 1.98. The highest BCUT2D eigenvalue weighted by atomic mass is 35.5. The van der Waals surface area contributed by atoms with Gasteiger partial charge in [-0.15, -0.1) is 11.6 Å². The maximum Gasteiger partial charge on any atom is 0.134 e. The lowest BCUT2D eigenvalue weighted by atomic mass is 10.0. The van der Waals surface area contributed by atoms with Crippen LogP contribution in [0.5, 0.6) is 11.5 Å². The molecule has 2 aromatic rings. The Balaban J connectivity index is 2.34. The molecule has 2 nitrogen and oxygen atoms in total. The number of ether oxygens (including phenoxy) is 1. The molecule has 0 spiro atoms. The molecule has 0 amide bonds. The van der Waals surface area contributed by atoms with Crippen molar-refractivity contribution in [3.8, 4) is 11.5 Å². The van der Waals surface area contributed by atoms with Gasteiger partial charge in [-0.1, -0.05) is 32.0 Å². The Morgan fingerprint density at radius 1 is 1.17 bits per heavy atom. The molecular formula is C15H16ClNO. The summed E-state index contributed by atoms with van der Waals surface area (Å²) in [6.45, 7) is 4.30. The molecule has 0 N–H and O–H groups in total. The molecule has 0 aliphatic rings. The van der Waals surface area contributed by atoms with Gasteiger partial charge >= 0.3 is 0 Å². The topological polar surface area (TPSA) is 22.1 Å². The molecule has 0 saturated carbocycles. The van der Waals surface area contributed by atoms with Crippen LogP contribution in [0.3, 0.4) is 0 Å². The standard InChI is InChI=1S/C15H16ClNO/c1-11(2)13-5-3-4-6-15(13)18-14-7-8-17-10-12(14)9-16/h3-8,10-11H,9H2,1-2H3. The van der Waals surface area contributed by atoms with E-state index in [-0.39, 0.29) is 0 Å².